The lowest BCUT2D eigenvalue weighted by Crippen LogP contribution is -2.45. The Kier molecular flexibility index (Phi) is 6.84. The van der Waals surface area contributed by atoms with E-state index in [1.54, 1.807) is 0 Å². The summed E-state index contributed by atoms with van der Waals surface area (Å²) in [5, 5.41) is 8.61. The van der Waals surface area contributed by atoms with Gasteiger partial charge in [0.1, 0.15) is 0 Å². The summed E-state index contributed by atoms with van der Waals surface area (Å²) in [6.45, 7) is 7.34. The average Bonchev–Trinajstić information content (AvgIpc) is 2.84. The van der Waals surface area contributed by atoms with E-state index in [9.17, 15) is 9.59 Å². The van der Waals surface area contributed by atoms with Gasteiger partial charge in [-0.3, -0.25) is 14.5 Å². The molecule has 0 aromatic rings. The lowest BCUT2D eigenvalue weighted by Gasteiger charge is -2.28. The summed E-state index contributed by atoms with van der Waals surface area (Å²) in [6.07, 6.45) is 3.78. The van der Waals surface area contributed by atoms with Gasteiger partial charge < -0.3 is 10.0 Å². The van der Waals surface area contributed by atoms with Crippen molar-refractivity contribution in [2.24, 2.45) is 0 Å². The topological polar surface area (TPSA) is 60.9 Å². The Bertz CT molecular complexity index is 303. The molecule has 1 heterocycles. The van der Waals surface area contributed by atoms with E-state index in [1.807, 2.05) is 18.7 Å². The molecule has 5 nitrogen and oxygen atoms in total. The lowest BCUT2D eigenvalue weighted by molar-refractivity contribution is -0.138. The van der Waals surface area contributed by atoms with Crippen LogP contribution in [0.25, 0.3) is 0 Å². The third kappa shape index (κ3) is 4.82. The molecule has 0 spiro atoms. The third-order valence-electron chi connectivity index (χ3n) is 3.81. The van der Waals surface area contributed by atoms with Crippen LogP contribution in [0.1, 0.15) is 46.0 Å². The van der Waals surface area contributed by atoms with Crippen LogP contribution in [0.5, 0.6) is 0 Å². The van der Waals surface area contributed by atoms with Gasteiger partial charge in [-0.05, 0) is 52.6 Å². The van der Waals surface area contributed by atoms with Crippen LogP contribution in [-0.4, -0.2) is 59.0 Å². The largest absolute Gasteiger partial charge is 0.481 e. The SMILES string of the molecule is CCN(CC)C(=O)C1CCCN1CCCCC(=O)O. The van der Waals surface area contributed by atoms with Crippen molar-refractivity contribution in [2.45, 2.75) is 52.0 Å². The minimum absolute atomic E-state index is 0.0183. The number of aliphatic carboxylic acids is 1. The highest BCUT2D eigenvalue weighted by molar-refractivity contribution is 5.82. The molecule has 1 unspecified atom stereocenters. The first kappa shape index (κ1) is 16.0. The first-order valence-corrected chi connectivity index (χ1v) is 7.34. The molecule has 0 aromatic heterocycles. The van der Waals surface area contributed by atoms with Crippen LogP contribution in [0, 0.1) is 0 Å². The maximum atomic E-state index is 12.3. The second-order valence-electron chi connectivity index (χ2n) is 5.06. The molecule has 0 bridgehead atoms. The molecule has 1 aliphatic heterocycles. The van der Waals surface area contributed by atoms with E-state index in [0.717, 1.165) is 45.4 Å². The predicted octanol–water partition coefficient (Wildman–Crippen LogP) is 1.57. The zero-order valence-electron chi connectivity index (χ0n) is 12.1. The predicted molar refractivity (Wildman–Crippen MR) is 74.0 cm³/mol. The minimum atomic E-state index is -0.739. The molecule has 1 N–H and O–H groups in total. The van der Waals surface area contributed by atoms with E-state index in [0.29, 0.717) is 6.42 Å². The maximum absolute atomic E-state index is 12.3. The molecule has 0 saturated carbocycles. The fourth-order valence-corrected chi connectivity index (χ4v) is 2.71. The van der Waals surface area contributed by atoms with E-state index >= 15 is 0 Å². The normalized spacial score (nSPS) is 19.6. The first-order chi connectivity index (χ1) is 9.10. The second-order valence-corrected chi connectivity index (χ2v) is 5.06. The summed E-state index contributed by atoms with van der Waals surface area (Å²) in [7, 11) is 0. The quantitative estimate of drug-likeness (QED) is 0.680. The number of carbonyl (C=O) groups is 2. The van der Waals surface area contributed by atoms with Crippen molar-refractivity contribution in [1.29, 1.82) is 0 Å². The summed E-state index contributed by atoms with van der Waals surface area (Å²) < 4.78 is 0. The van der Waals surface area contributed by atoms with Crippen molar-refractivity contribution in [2.75, 3.05) is 26.2 Å². The molecule has 110 valence electrons. The molecular formula is C14H26N2O3. The van der Waals surface area contributed by atoms with Gasteiger partial charge in [0.25, 0.3) is 0 Å². The van der Waals surface area contributed by atoms with Crippen molar-refractivity contribution in [3.05, 3.63) is 0 Å². The number of carboxylic acids is 1. The second kappa shape index (κ2) is 8.15. The number of nitrogens with zero attached hydrogens (tertiary/aromatic N) is 2. The van der Waals surface area contributed by atoms with E-state index in [4.69, 9.17) is 5.11 Å². The van der Waals surface area contributed by atoms with Crippen molar-refractivity contribution in [1.82, 2.24) is 9.80 Å². The molecule has 0 aromatic carbocycles. The van der Waals surface area contributed by atoms with Crippen molar-refractivity contribution >= 4 is 11.9 Å². The molecule has 1 rings (SSSR count). The number of carbonyl (C=O) groups excluding carboxylic acids is 1. The Balaban J connectivity index is 2.40. The highest BCUT2D eigenvalue weighted by Crippen LogP contribution is 2.20. The fraction of sp³-hybridized carbons (Fsp3) is 0.857. The number of likely N-dealkylation sites (N-methyl/N-ethyl adjacent to an activating group) is 1. The third-order valence-corrected chi connectivity index (χ3v) is 3.81. The number of carboxylic acid groups (broad SMARTS) is 1. The van der Waals surface area contributed by atoms with E-state index < -0.39 is 5.97 Å². The van der Waals surface area contributed by atoms with E-state index in [1.165, 1.54) is 0 Å². The molecule has 1 atom stereocenters. The van der Waals surface area contributed by atoms with Crippen molar-refractivity contribution in [3.8, 4) is 0 Å². The molecule has 5 heteroatoms. The summed E-state index contributed by atoms with van der Waals surface area (Å²) in [5.74, 6) is -0.502. The molecule has 0 radical (unpaired) electrons. The highest BCUT2D eigenvalue weighted by atomic mass is 16.4. The van der Waals surface area contributed by atoms with Crippen LogP contribution in [0.4, 0.5) is 0 Å². The van der Waals surface area contributed by atoms with Gasteiger partial charge in [0.05, 0.1) is 6.04 Å². The van der Waals surface area contributed by atoms with E-state index in [-0.39, 0.29) is 18.4 Å². The average molecular weight is 270 g/mol. The number of hydrogen-bond acceptors (Lipinski definition) is 3. The van der Waals surface area contributed by atoms with Crippen LogP contribution in [0.3, 0.4) is 0 Å². The molecule has 1 aliphatic rings. The number of likely N-dealkylation sites (tertiary alicyclic amines) is 1. The summed E-state index contributed by atoms with van der Waals surface area (Å²) in [5.41, 5.74) is 0. The number of hydrogen-bond donors (Lipinski definition) is 1. The van der Waals surface area contributed by atoms with Crippen molar-refractivity contribution < 1.29 is 14.7 Å². The lowest BCUT2D eigenvalue weighted by atomic mass is 10.1. The smallest absolute Gasteiger partial charge is 0.303 e. The summed E-state index contributed by atoms with van der Waals surface area (Å²) >= 11 is 0. The zero-order chi connectivity index (χ0) is 14.3. The van der Waals surface area contributed by atoms with Crippen LogP contribution < -0.4 is 0 Å². The van der Waals surface area contributed by atoms with Gasteiger partial charge in [0.15, 0.2) is 0 Å². The zero-order valence-corrected chi connectivity index (χ0v) is 12.1. The Morgan fingerprint density at radius 2 is 1.95 bits per heavy atom. The minimum Gasteiger partial charge on any atom is -0.481 e. The molecular weight excluding hydrogens is 244 g/mol. The Labute approximate surface area is 115 Å². The number of unbranched alkanes of at least 4 members (excludes halogenated alkanes) is 1. The fourth-order valence-electron chi connectivity index (χ4n) is 2.71. The van der Waals surface area contributed by atoms with Crippen LogP contribution >= 0.6 is 0 Å². The Morgan fingerprint density at radius 1 is 1.26 bits per heavy atom. The first-order valence-electron chi connectivity index (χ1n) is 7.34. The molecule has 1 fully saturated rings. The van der Waals surface area contributed by atoms with Crippen LogP contribution in [0.15, 0.2) is 0 Å². The maximum Gasteiger partial charge on any atom is 0.303 e. The monoisotopic (exact) mass is 270 g/mol. The van der Waals surface area contributed by atoms with Gasteiger partial charge in [-0.25, -0.2) is 0 Å². The van der Waals surface area contributed by atoms with E-state index in [2.05, 4.69) is 4.90 Å². The number of rotatable bonds is 8. The van der Waals surface area contributed by atoms with Crippen LogP contribution in [0.2, 0.25) is 0 Å². The van der Waals surface area contributed by atoms with Gasteiger partial charge in [-0.1, -0.05) is 0 Å². The number of amides is 1. The Morgan fingerprint density at radius 3 is 2.53 bits per heavy atom. The Hall–Kier alpha value is -1.10. The van der Waals surface area contributed by atoms with Gasteiger partial charge in [-0.15, -0.1) is 0 Å². The van der Waals surface area contributed by atoms with Gasteiger partial charge >= 0.3 is 5.97 Å². The van der Waals surface area contributed by atoms with Gasteiger partial charge in [0.2, 0.25) is 5.91 Å². The van der Waals surface area contributed by atoms with Crippen molar-refractivity contribution in [3.63, 3.8) is 0 Å². The molecule has 1 saturated heterocycles. The molecule has 0 aliphatic carbocycles. The van der Waals surface area contributed by atoms with Gasteiger partial charge in [0, 0.05) is 19.5 Å². The molecule has 19 heavy (non-hydrogen) atoms. The van der Waals surface area contributed by atoms with Gasteiger partial charge in [-0.2, -0.15) is 0 Å². The van der Waals surface area contributed by atoms with Crippen LogP contribution in [-0.2, 0) is 9.59 Å². The standard InChI is InChI=1S/C14H26N2O3/c1-3-15(4-2)14(19)12-8-7-11-16(12)10-6-5-9-13(17)18/h12H,3-11H2,1-2H3,(H,17,18). The molecule has 1 amide bonds. The highest BCUT2D eigenvalue weighted by Gasteiger charge is 2.32. The summed E-state index contributed by atoms with van der Waals surface area (Å²) in [4.78, 5) is 26.9. The summed E-state index contributed by atoms with van der Waals surface area (Å²) in [6, 6.07) is 0.0183.